The van der Waals surface area contributed by atoms with Gasteiger partial charge in [0, 0.05) is 13.3 Å². The van der Waals surface area contributed by atoms with Crippen molar-refractivity contribution in [3.8, 4) is 0 Å². The lowest BCUT2D eigenvalue weighted by molar-refractivity contribution is 0.223. The quantitative estimate of drug-likeness (QED) is 0.756. The van der Waals surface area contributed by atoms with Gasteiger partial charge in [-0.25, -0.2) is 0 Å². The zero-order valence-corrected chi connectivity index (χ0v) is 13.7. The molecule has 0 amide bonds. The van der Waals surface area contributed by atoms with Crippen molar-refractivity contribution in [2.75, 3.05) is 0 Å². The minimum absolute atomic E-state index is 0.145. The maximum absolute atomic E-state index is 10.5. The molecule has 1 N–H and O–H groups in total. The van der Waals surface area contributed by atoms with Crippen molar-refractivity contribution < 1.29 is 5.11 Å². The Hall–Kier alpha value is -0.390. The van der Waals surface area contributed by atoms with Crippen LogP contribution in [0, 0.1) is 3.57 Å². The van der Waals surface area contributed by atoms with Gasteiger partial charge in [0.25, 0.3) is 0 Å². The van der Waals surface area contributed by atoms with Crippen molar-refractivity contribution in [3.05, 3.63) is 55.3 Å². The minimum atomic E-state index is -0.515. The molecule has 1 aromatic heterocycles. The van der Waals surface area contributed by atoms with Crippen molar-refractivity contribution in [3.63, 3.8) is 0 Å². The lowest BCUT2D eigenvalue weighted by Crippen LogP contribution is -2.07. The van der Waals surface area contributed by atoms with Crippen LogP contribution in [0.4, 0.5) is 0 Å². The fourth-order valence-electron chi connectivity index (χ4n) is 1.75. The fraction of sp³-hybridized carbons (Fsp3) is 0.333. The molecular formula is C15H17IOS. The van der Waals surface area contributed by atoms with E-state index in [0.29, 0.717) is 0 Å². The summed E-state index contributed by atoms with van der Waals surface area (Å²) in [5.74, 6) is 0. The number of aliphatic hydroxyl groups excluding tert-OH is 1. The molecule has 0 radical (unpaired) electrons. The van der Waals surface area contributed by atoms with E-state index in [9.17, 15) is 5.11 Å². The second-order valence-electron chi connectivity index (χ2n) is 5.38. The molecule has 1 nitrogen and oxygen atoms in total. The average molecular weight is 372 g/mol. The Labute approximate surface area is 126 Å². The van der Waals surface area contributed by atoms with Gasteiger partial charge in [0.15, 0.2) is 0 Å². The average Bonchev–Trinajstić information content (AvgIpc) is 2.77. The first-order valence-electron chi connectivity index (χ1n) is 5.92. The van der Waals surface area contributed by atoms with Crippen LogP contribution in [0.2, 0.25) is 0 Å². The maximum atomic E-state index is 10.5. The van der Waals surface area contributed by atoms with Gasteiger partial charge in [-0.05, 0) is 51.8 Å². The molecule has 0 aliphatic heterocycles. The van der Waals surface area contributed by atoms with Crippen LogP contribution >= 0.6 is 33.9 Å². The van der Waals surface area contributed by atoms with Crippen molar-refractivity contribution >= 4 is 33.9 Å². The summed E-state index contributed by atoms with van der Waals surface area (Å²) in [4.78, 5) is 2.33. The van der Waals surface area contributed by atoms with E-state index in [2.05, 4.69) is 49.4 Å². The van der Waals surface area contributed by atoms with Gasteiger partial charge in [0.05, 0.1) is 0 Å². The van der Waals surface area contributed by atoms with Crippen molar-refractivity contribution in [2.24, 2.45) is 0 Å². The molecule has 18 heavy (non-hydrogen) atoms. The predicted molar refractivity (Wildman–Crippen MR) is 86.2 cm³/mol. The Morgan fingerprint density at radius 3 is 2.33 bits per heavy atom. The first-order chi connectivity index (χ1) is 8.39. The molecular weight excluding hydrogens is 355 g/mol. The van der Waals surface area contributed by atoms with E-state index in [4.69, 9.17) is 0 Å². The molecule has 2 rings (SSSR count). The summed E-state index contributed by atoms with van der Waals surface area (Å²) in [5.41, 5.74) is 1.13. The van der Waals surface area contributed by atoms with E-state index in [-0.39, 0.29) is 5.41 Å². The Morgan fingerprint density at radius 2 is 1.78 bits per heavy atom. The Morgan fingerprint density at radius 1 is 1.11 bits per heavy atom. The predicted octanol–water partition coefficient (Wildman–Crippen LogP) is 4.73. The van der Waals surface area contributed by atoms with E-state index in [1.54, 1.807) is 11.3 Å². The molecule has 2 aromatic rings. The fourth-order valence-corrected chi connectivity index (χ4v) is 3.51. The van der Waals surface area contributed by atoms with Crippen LogP contribution in [0.15, 0.2) is 36.4 Å². The zero-order valence-electron chi connectivity index (χ0n) is 10.8. The van der Waals surface area contributed by atoms with Crippen LogP contribution in [0.3, 0.4) is 0 Å². The van der Waals surface area contributed by atoms with Gasteiger partial charge >= 0.3 is 0 Å². The van der Waals surface area contributed by atoms with Gasteiger partial charge in [0.1, 0.15) is 6.10 Å². The lowest BCUT2D eigenvalue weighted by Gasteiger charge is -2.16. The highest BCUT2D eigenvalue weighted by Crippen LogP contribution is 2.35. The van der Waals surface area contributed by atoms with Crippen LogP contribution in [-0.2, 0) is 5.41 Å². The normalized spacial score (nSPS) is 13.6. The monoisotopic (exact) mass is 372 g/mol. The lowest BCUT2D eigenvalue weighted by atomic mass is 9.95. The van der Waals surface area contributed by atoms with Crippen LogP contribution < -0.4 is 0 Å². The van der Waals surface area contributed by atoms with E-state index >= 15 is 0 Å². The summed E-state index contributed by atoms with van der Waals surface area (Å²) in [6.07, 6.45) is -0.515. The summed E-state index contributed by atoms with van der Waals surface area (Å²) in [7, 11) is 0. The zero-order chi connectivity index (χ0) is 13.3. The number of benzene rings is 1. The summed E-state index contributed by atoms with van der Waals surface area (Å²) in [5, 5.41) is 10.5. The molecule has 3 heteroatoms. The van der Waals surface area contributed by atoms with Crippen molar-refractivity contribution in [1.82, 2.24) is 0 Å². The molecule has 0 aliphatic rings. The molecule has 1 unspecified atom stereocenters. The highest BCUT2D eigenvalue weighted by molar-refractivity contribution is 14.1. The molecule has 96 valence electrons. The van der Waals surface area contributed by atoms with Crippen LogP contribution in [-0.4, -0.2) is 5.11 Å². The SMILES string of the molecule is CC(C)(C)c1ccc(C(O)c2ccccc2I)s1. The second-order valence-corrected chi connectivity index (χ2v) is 7.65. The van der Waals surface area contributed by atoms with Gasteiger partial charge in [-0.3, -0.25) is 0 Å². The molecule has 1 atom stereocenters. The summed E-state index contributed by atoms with van der Waals surface area (Å²) >= 11 is 3.97. The van der Waals surface area contributed by atoms with Gasteiger partial charge in [0.2, 0.25) is 0 Å². The number of rotatable bonds is 2. The molecule has 0 saturated carbocycles. The van der Waals surface area contributed by atoms with Crippen LogP contribution in [0.1, 0.15) is 42.2 Å². The molecule has 1 heterocycles. The topological polar surface area (TPSA) is 20.2 Å². The van der Waals surface area contributed by atoms with E-state index < -0.39 is 6.10 Å². The molecule has 0 saturated heterocycles. The Balaban J connectivity index is 2.33. The molecule has 1 aromatic carbocycles. The highest BCUT2D eigenvalue weighted by atomic mass is 127. The molecule has 0 fully saturated rings. The van der Waals surface area contributed by atoms with Crippen LogP contribution in [0.5, 0.6) is 0 Å². The molecule has 0 aliphatic carbocycles. The van der Waals surface area contributed by atoms with E-state index in [0.717, 1.165) is 14.0 Å². The second kappa shape index (κ2) is 5.31. The Kier molecular flexibility index (Phi) is 4.14. The third-order valence-corrected chi connectivity index (χ3v) is 5.38. The van der Waals surface area contributed by atoms with Crippen LogP contribution in [0.25, 0.3) is 0 Å². The maximum Gasteiger partial charge on any atom is 0.114 e. The minimum Gasteiger partial charge on any atom is -0.383 e. The Bertz CT molecular complexity index is 539. The summed E-state index contributed by atoms with van der Waals surface area (Å²) in [6, 6.07) is 12.1. The summed E-state index contributed by atoms with van der Waals surface area (Å²) < 4.78 is 1.10. The van der Waals surface area contributed by atoms with Gasteiger partial charge < -0.3 is 5.11 Å². The van der Waals surface area contributed by atoms with Gasteiger partial charge in [-0.2, -0.15) is 0 Å². The number of hydrogen-bond acceptors (Lipinski definition) is 2. The van der Waals surface area contributed by atoms with Crippen molar-refractivity contribution in [2.45, 2.75) is 32.3 Å². The molecule has 0 spiro atoms. The van der Waals surface area contributed by atoms with Gasteiger partial charge in [-0.1, -0.05) is 39.0 Å². The smallest absolute Gasteiger partial charge is 0.114 e. The highest BCUT2D eigenvalue weighted by Gasteiger charge is 2.20. The van der Waals surface area contributed by atoms with Crippen molar-refractivity contribution in [1.29, 1.82) is 0 Å². The number of hydrogen-bond donors (Lipinski definition) is 1. The number of aliphatic hydroxyl groups is 1. The third kappa shape index (κ3) is 2.95. The number of thiophene rings is 1. The molecule has 0 bridgehead atoms. The third-order valence-electron chi connectivity index (χ3n) is 2.84. The first-order valence-corrected chi connectivity index (χ1v) is 7.82. The summed E-state index contributed by atoms with van der Waals surface area (Å²) in [6.45, 7) is 6.59. The largest absolute Gasteiger partial charge is 0.383 e. The van der Waals surface area contributed by atoms with E-state index in [1.807, 2.05) is 30.3 Å². The number of halogens is 1. The standard InChI is InChI=1S/C15H17IOS/c1-15(2,3)13-9-8-12(18-13)14(17)10-6-4-5-7-11(10)16/h4-9,14,17H,1-3H3. The van der Waals surface area contributed by atoms with Gasteiger partial charge in [-0.15, -0.1) is 11.3 Å². The van der Waals surface area contributed by atoms with E-state index in [1.165, 1.54) is 4.88 Å². The first kappa shape index (κ1) is 14.0.